The standard InChI is InChI=1S/C15H12BrClOS/c1-10(18)13-7-6-12(8-14(13)16)19-9-11-4-2-3-5-15(11)17/h2-8H,9H2,1H3. The fraction of sp³-hybridized carbons (Fsp3) is 0.133. The zero-order chi connectivity index (χ0) is 13.8. The molecule has 0 amide bonds. The molecule has 0 saturated carbocycles. The van der Waals surface area contributed by atoms with Crippen LogP contribution in [0.15, 0.2) is 51.8 Å². The largest absolute Gasteiger partial charge is 0.294 e. The topological polar surface area (TPSA) is 17.1 Å². The maximum absolute atomic E-state index is 11.3. The van der Waals surface area contributed by atoms with Crippen molar-refractivity contribution >= 4 is 45.1 Å². The summed E-state index contributed by atoms with van der Waals surface area (Å²) in [6.07, 6.45) is 0. The molecule has 0 aliphatic carbocycles. The van der Waals surface area contributed by atoms with Crippen LogP contribution in [0, 0.1) is 0 Å². The van der Waals surface area contributed by atoms with E-state index in [0.717, 1.165) is 25.7 Å². The Labute approximate surface area is 130 Å². The first-order chi connectivity index (χ1) is 9.08. The van der Waals surface area contributed by atoms with E-state index < -0.39 is 0 Å². The van der Waals surface area contributed by atoms with Crippen LogP contribution in [0.25, 0.3) is 0 Å². The number of benzene rings is 2. The molecule has 0 aromatic heterocycles. The third-order valence-electron chi connectivity index (χ3n) is 2.67. The summed E-state index contributed by atoms with van der Waals surface area (Å²) in [6.45, 7) is 1.57. The first-order valence-corrected chi connectivity index (χ1v) is 7.90. The highest BCUT2D eigenvalue weighted by atomic mass is 79.9. The summed E-state index contributed by atoms with van der Waals surface area (Å²) in [6, 6.07) is 13.6. The predicted molar refractivity (Wildman–Crippen MR) is 85.2 cm³/mol. The molecule has 19 heavy (non-hydrogen) atoms. The molecule has 1 nitrogen and oxygen atoms in total. The molecule has 2 rings (SSSR count). The van der Waals surface area contributed by atoms with Crippen molar-refractivity contribution in [2.45, 2.75) is 17.6 Å². The molecular weight excluding hydrogens is 344 g/mol. The summed E-state index contributed by atoms with van der Waals surface area (Å²) in [4.78, 5) is 12.5. The van der Waals surface area contributed by atoms with Gasteiger partial charge in [-0.15, -0.1) is 11.8 Å². The summed E-state index contributed by atoms with van der Waals surface area (Å²) in [5.74, 6) is 0.875. The number of carbonyl (C=O) groups excluding carboxylic acids is 1. The molecule has 0 saturated heterocycles. The van der Waals surface area contributed by atoms with E-state index in [0.29, 0.717) is 5.56 Å². The second-order valence-corrected chi connectivity index (χ2v) is 6.39. The molecule has 0 atom stereocenters. The van der Waals surface area contributed by atoms with Gasteiger partial charge in [0.15, 0.2) is 5.78 Å². The van der Waals surface area contributed by atoms with Crippen molar-refractivity contribution in [1.29, 1.82) is 0 Å². The zero-order valence-electron chi connectivity index (χ0n) is 10.3. The number of hydrogen-bond donors (Lipinski definition) is 0. The van der Waals surface area contributed by atoms with E-state index in [-0.39, 0.29) is 5.78 Å². The fourth-order valence-electron chi connectivity index (χ4n) is 1.65. The van der Waals surface area contributed by atoms with Crippen molar-refractivity contribution in [1.82, 2.24) is 0 Å². The lowest BCUT2D eigenvalue weighted by molar-refractivity contribution is 0.101. The maximum Gasteiger partial charge on any atom is 0.160 e. The number of ketones is 1. The van der Waals surface area contributed by atoms with Gasteiger partial charge in [0.25, 0.3) is 0 Å². The summed E-state index contributed by atoms with van der Waals surface area (Å²) >= 11 is 11.2. The van der Waals surface area contributed by atoms with Crippen molar-refractivity contribution in [3.63, 3.8) is 0 Å². The summed E-state index contributed by atoms with van der Waals surface area (Å²) in [7, 11) is 0. The third-order valence-corrected chi connectivity index (χ3v) is 4.74. The van der Waals surface area contributed by atoms with E-state index in [1.807, 2.05) is 42.5 Å². The lowest BCUT2D eigenvalue weighted by Crippen LogP contribution is -1.93. The molecule has 0 fully saturated rings. The zero-order valence-corrected chi connectivity index (χ0v) is 13.5. The molecule has 0 aliphatic rings. The molecule has 0 N–H and O–H groups in total. The Morgan fingerprint density at radius 3 is 2.63 bits per heavy atom. The first-order valence-electron chi connectivity index (χ1n) is 5.74. The fourth-order valence-corrected chi connectivity index (χ4v) is 3.68. The highest BCUT2D eigenvalue weighted by molar-refractivity contribution is 9.10. The Hall–Kier alpha value is -0.770. The Morgan fingerprint density at radius 1 is 1.26 bits per heavy atom. The van der Waals surface area contributed by atoms with Gasteiger partial charge >= 0.3 is 0 Å². The molecular formula is C15H12BrClOS. The molecule has 0 aliphatic heterocycles. The molecule has 0 radical (unpaired) electrons. The summed E-state index contributed by atoms with van der Waals surface area (Å²) in [5, 5.41) is 0.787. The molecule has 0 heterocycles. The first kappa shape index (κ1) is 14.6. The summed E-state index contributed by atoms with van der Waals surface area (Å²) in [5.41, 5.74) is 1.82. The lowest BCUT2D eigenvalue weighted by Gasteiger charge is -2.06. The van der Waals surface area contributed by atoms with Gasteiger partial charge in [0.1, 0.15) is 0 Å². The molecule has 98 valence electrons. The smallest absolute Gasteiger partial charge is 0.160 e. The van der Waals surface area contributed by atoms with Crippen molar-refractivity contribution in [2.75, 3.05) is 0 Å². The van der Waals surface area contributed by atoms with Crippen molar-refractivity contribution in [2.24, 2.45) is 0 Å². The van der Waals surface area contributed by atoms with Gasteiger partial charge in [-0.1, -0.05) is 45.7 Å². The van der Waals surface area contributed by atoms with Crippen LogP contribution in [-0.4, -0.2) is 5.78 Å². The molecule has 4 heteroatoms. The summed E-state index contributed by atoms with van der Waals surface area (Å²) < 4.78 is 0.837. The highest BCUT2D eigenvalue weighted by Crippen LogP contribution is 2.29. The molecule has 0 bridgehead atoms. The van der Waals surface area contributed by atoms with Gasteiger partial charge in [-0.25, -0.2) is 0 Å². The van der Waals surface area contributed by atoms with Gasteiger partial charge in [-0.3, -0.25) is 4.79 Å². The lowest BCUT2D eigenvalue weighted by atomic mass is 10.1. The van der Waals surface area contributed by atoms with Gasteiger partial charge in [0.2, 0.25) is 0 Å². The van der Waals surface area contributed by atoms with Crippen molar-refractivity contribution in [3.05, 3.63) is 63.1 Å². The second-order valence-electron chi connectivity index (χ2n) is 4.08. The number of halogens is 2. The quantitative estimate of drug-likeness (QED) is 0.524. The van der Waals surface area contributed by atoms with E-state index in [1.165, 1.54) is 0 Å². The SMILES string of the molecule is CC(=O)c1ccc(SCc2ccccc2Cl)cc1Br. The monoisotopic (exact) mass is 354 g/mol. The van der Waals surface area contributed by atoms with E-state index in [9.17, 15) is 4.79 Å². The van der Waals surface area contributed by atoms with E-state index >= 15 is 0 Å². The minimum atomic E-state index is 0.0644. The average molecular weight is 356 g/mol. The molecule has 2 aromatic rings. The van der Waals surface area contributed by atoms with Gasteiger partial charge in [0.05, 0.1) is 0 Å². The number of carbonyl (C=O) groups is 1. The molecule has 0 unspecified atom stereocenters. The molecule has 0 spiro atoms. The van der Waals surface area contributed by atoms with Crippen LogP contribution >= 0.6 is 39.3 Å². The van der Waals surface area contributed by atoms with Crippen LogP contribution in [0.4, 0.5) is 0 Å². The van der Waals surface area contributed by atoms with Crippen LogP contribution in [0.2, 0.25) is 5.02 Å². The van der Waals surface area contributed by atoms with Crippen LogP contribution in [0.3, 0.4) is 0 Å². The number of hydrogen-bond acceptors (Lipinski definition) is 2. The van der Waals surface area contributed by atoms with Gasteiger partial charge < -0.3 is 0 Å². The minimum Gasteiger partial charge on any atom is -0.294 e. The average Bonchev–Trinajstić information content (AvgIpc) is 2.37. The Kier molecular flexibility index (Phi) is 5.08. The number of Topliss-reactive ketones (excluding diaryl/α,β-unsaturated/α-hetero) is 1. The third kappa shape index (κ3) is 3.85. The highest BCUT2D eigenvalue weighted by Gasteiger charge is 2.07. The Morgan fingerprint density at radius 2 is 2.00 bits per heavy atom. The Bertz CT molecular complexity index is 613. The van der Waals surface area contributed by atoms with E-state index in [4.69, 9.17) is 11.6 Å². The van der Waals surface area contributed by atoms with E-state index in [1.54, 1.807) is 18.7 Å². The minimum absolute atomic E-state index is 0.0644. The van der Waals surface area contributed by atoms with Crippen LogP contribution < -0.4 is 0 Å². The van der Waals surface area contributed by atoms with Gasteiger partial charge in [-0.05, 0) is 36.8 Å². The van der Waals surface area contributed by atoms with Gasteiger partial charge in [-0.2, -0.15) is 0 Å². The maximum atomic E-state index is 11.3. The van der Waals surface area contributed by atoms with E-state index in [2.05, 4.69) is 15.9 Å². The van der Waals surface area contributed by atoms with Crippen LogP contribution in [0.5, 0.6) is 0 Å². The Balaban J connectivity index is 2.11. The molecule has 2 aromatic carbocycles. The number of rotatable bonds is 4. The van der Waals surface area contributed by atoms with Crippen molar-refractivity contribution in [3.8, 4) is 0 Å². The van der Waals surface area contributed by atoms with Crippen molar-refractivity contribution < 1.29 is 4.79 Å². The normalized spacial score (nSPS) is 10.5. The predicted octanol–water partition coefficient (Wildman–Crippen LogP) is 5.60. The number of thioether (sulfide) groups is 1. The second kappa shape index (κ2) is 6.60. The van der Waals surface area contributed by atoms with Crippen LogP contribution in [-0.2, 0) is 5.75 Å². The van der Waals surface area contributed by atoms with Crippen LogP contribution in [0.1, 0.15) is 22.8 Å². The van der Waals surface area contributed by atoms with Gasteiger partial charge in [0, 0.05) is 25.7 Å².